The summed E-state index contributed by atoms with van der Waals surface area (Å²) in [4.78, 5) is 49.1. The van der Waals surface area contributed by atoms with Crippen LogP contribution in [0.25, 0.3) is 0 Å². The van der Waals surface area contributed by atoms with Gasteiger partial charge in [0.2, 0.25) is 5.91 Å². The number of H-pyrrole nitrogens is 1. The molecule has 0 bridgehead atoms. The maximum Gasteiger partial charge on any atom is 0.260 e. The van der Waals surface area contributed by atoms with Crippen molar-refractivity contribution in [1.29, 1.82) is 0 Å². The minimum atomic E-state index is -0.538. The number of nitrogens with one attached hydrogen (secondary N) is 2. The largest absolute Gasteiger partial charge is 0.356 e. The fourth-order valence-corrected chi connectivity index (χ4v) is 4.27. The maximum atomic E-state index is 13.3. The average Bonchev–Trinajstić information content (AvgIpc) is 3.41. The minimum absolute atomic E-state index is 0.130. The van der Waals surface area contributed by atoms with Gasteiger partial charge in [-0.05, 0) is 18.2 Å². The number of carbonyl (C=O) groups is 3. The molecule has 8 heteroatoms. The van der Waals surface area contributed by atoms with Gasteiger partial charge in [0, 0.05) is 48.9 Å². The van der Waals surface area contributed by atoms with Gasteiger partial charge in [-0.15, -0.1) is 0 Å². The van der Waals surface area contributed by atoms with E-state index in [1.54, 1.807) is 46.6 Å². The second-order valence-electron chi connectivity index (χ2n) is 7.58. The van der Waals surface area contributed by atoms with Crippen molar-refractivity contribution in [3.63, 3.8) is 0 Å². The van der Waals surface area contributed by atoms with Crippen LogP contribution in [-0.4, -0.2) is 45.7 Å². The highest BCUT2D eigenvalue weighted by Crippen LogP contribution is 2.45. The quantitative estimate of drug-likeness (QED) is 0.645. The van der Waals surface area contributed by atoms with Crippen LogP contribution in [0.1, 0.15) is 44.6 Å². The molecule has 156 valence electrons. The van der Waals surface area contributed by atoms with Crippen LogP contribution in [0.5, 0.6) is 0 Å². The number of hydrogen-bond donors (Lipinski definition) is 2. The number of carbonyl (C=O) groups excluding carboxylic acids is 3. The van der Waals surface area contributed by atoms with Gasteiger partial charge in [0.05, 0.1) is 17.6 Å². The Morgan fingerprint density at radius 1 is 1.03 bits per heavy atom. The van der Waals surface area contributed by atoms with E-state index in [1.165, 1.54) is 0 Å². The van der Waals surface area contributed by atoms with Gasteiger partial charge in [0.1, 0.15) is 6.17 Å². The van der Waals surface area contributed by atoms with Crippen molar-refractivity contribution in [2.75, 3.05) is 18.0 Å². The topological polar surface area (TPSA) is 98.4 Å². The van der Waals surface area contributed by atoms with Crippen molar-refractivity contribution < 1.29 is 14.4 Å². The molecule has 2 N–H and O–H groups in total. The monoisotopic (exact) mass is 415 g/mol. The van der Waals surface area contributed by atoms with Gasteiger partial charge in [-0.2, -0.15) is 0 Å². The van der Waals surface area contributed by atoms with E-state index in [1.807, 2.05) is 24.3 Å². The van der Waals surface area contributed by atoms with E-state index in [-0.39, 0.29) is 30.7 Å². The lowest BCUT2D eigenvalue weighted by atomic mass is 10.0. The number of hydrogen-bond acceptors (Lipinski definition) is 4. The molecule has 3 aromatic rings. The van der Waals surface area contributed by atoms with Crippen LogP contribution in [0, 0.1) is 0 Å². The Hall–Kier alpha value is -3.94. The number of fused-ring (bicyclic) bond motifs is 5. The Morgan fingerprint density at radius 3 is 2.61 bits per heavy atom. The first kappa shape index (κ1) is 19.0. The number of para-hydroxylation sites is 1. The molecule has 0 fully saturated rings. The molecule has 5 rings (SSSR count). The third-order valence-electron chi connectivity index (χ3n) is 5.73. The summed E-state index contributed by atoms with van der Waals surface area (Å²) in [5, 5.41) is 2.88. The summed E-state index contributed by atoms with van der Waals surface area (Å²) in [6, 6.07) is 14.5. The van der Waals surface area contributed by atoms with Crippen LogP contribution >= 0.6 is 0 Å². The molecule has 2 aliphatic rings. The third kappa shape index (κ3) is 3.26. The van der Waals surface area contributed by atoms with Crippen LogP contribution in [0.2, 0.25) is 0 Å². The first-order chi connectivity index (χ1) is 15.1. The number of aromatic nitrogens is 2. The summed E-state index contributed by atoms with van der Waals surface area (Å²) < 4.78 is 0. The summed E-state index contributed by atoms with van der Waals surface area (Å²) in [5.74, 6) is -0.448. The molecule has 8 nitrogen and oxygen atoms in total. The number of benzene rings is 2. The van der Waals surface area contributed by atoms with Crippen molar-refractivity contribution in [3.05, 3.63) is 83.4 Å². The fourth-order valence-electron chi connectivity index (χ4n) is 4.27. The van der Waals surface area contributed by atoms with Gasteiger partial charge in [-0.25, -0.2) is 4.98 Å². The van der Waals surface area contributed by atoms with E-state index in [0.29, 0.717) is 29.8 Å². The Balaban J connectivity index is 1.36. The second-order valence-corrected chi connectivity index (χ2v) is 7.58. The molecule has 0 saturated heterocycles. The molecule has 3 heterocycles. The van der Waals surface area contributed by atoms with Gasteiger partial charge < -0.3 is 15.2 Å². The molecule has 0 radical (unpaired) electrons. The molecule has 31 heavy (non-hydrogen) atoms. The Bertz CT molecular complexity index is 1160. The summed E-state index contributed by atoms with van der Waals surface area (Å²) >= 11 is 0. The van der Waals surface area contributed by atoms with Gasteiger partial charge in [0.25, 0.3) is 11.8 Å². The van der Waals surface area contributed by atoms with Crippen molar-refractivity contribution in [1.82, 2.24) is 20.2 Å². The van der Waals surface area contributed by atoms with E-state index in [2.05, 4.69) is 15.3 Å². The van der Waals surface area contributed by atoms with E-state index >= 15 is 0 Å². The lowest BCUT2D eigenvalue weighted by Gasteiger charge is -2.40. The molecular weight excluding hydrogens is 394 g/mol. The van der Waals surface area contributed by atoms with Crippen LogP contribution < -0.4 is 10.2 Å². The Kier molecular flexibility index (Phi) is 4.74. The average molecular weight is 415 g/mol. The lowest BCUT2D eigenvalue weighted by molar-refractivity contribution is -0.121. The van der Waals surface area contributed by atoms with E-state index in [0.717, 1.165) is 11.3 Å². The molecule has 1 atom stereocenters. The highest BCUT2D eigenvalue weighted by Gasteiger charge is 2.47. The van der Waals surface area contributed by atoms with Crippen LogP contribution in [0.4, 0.5) is 5.69 Å². The van der Waals surface area contributed by atoms with Gasteiger partial charge >= 0.3 is 0 Å². The predicted molar refractivity (Wildman–Crippen MR) is 113 cm³/mol. The zero-order valence-corrected chi connectivity index (χ0v) is 16.7. The Labute approximate surface area is 178 Å². The fraction of sp³-hybridized carbons (Fsp3) is 0.217. The predicted octanol–water partition coefficient (Wildman–Crippen LogP) is 2.27. The molecular formula is C23H21N5O3. The van der Waals surface area contributed by atoms with Crippen molar-refractivity contribution in [2.45, 2.75) is 19.0 Å². The highest BCUT2D eigenvalue weighted by atomic mass is 16.2. The molecule has 0 saturated carbocycles. The lowest BCUT2D eigenvalue weighted by Crippen LogP contribution is -2.49. The minimum Gasteiger partial charge on any atom is -0.356 e. The molecule has 0 unspecified atom stereocenters. The molecule has 0 spiro atoms. The number of imidazole rings is 1. The van der Waals surface area contributed by atoms with E-state index < -0.39 is 6.17 Å². The summed E-state index contributed by atoms with van der Waals surface area (Å²) in [7, 11) is 0. The first-order valence-corrected chi connectivity index (χ1v) is 10.2. The molecule has 2 aliphatic heterocycles. The first-order valence-electron chi connectivity index (χ1n) is 10.2. The van der Waals surface area contributed by atoms with Crippen LogP contribution in [0.3, 0.4) is 0 Å². The van der Waals surface area contributed by atoms with Gasteiger partial charge in [-0.1, -0.05) is 30.3 Å². The van der Waals surface area contributed by atoms with Crippen LogP contribution in [0.15, 0.2) is 61.1 Å². The highest BCUT2D eigenvalue weighted by molar-refractivity contribution is 6.16. The SMILES string of the molecule is O=C(CCN1C(=O)c2ccccc2N2C(=O)c3ccccc3[C@@H]12)NCCc1cnc[nH]1. The summed E-state index contributed by atoms with van der Waals surface area (Å²) in [6.07, 6.45) is 3.59. The summed E-state index contributed by atoms with van der Waals surface area (Å²) in [5.41, 5.74) is 3.40. The molecule has 1 aromatic heterocycles. The molecule has 0 aliphatic carbocycles. The normalized spacial score (nSPS) is 16.7. The number of nitrogens with zero attached hydrogens (tertiary/aromatic N) is 3. The maximum absolute atomic E-state index is 13.3. The number of amides is 3. The van der Waals surface area contributed by atoms with Gasteiger partial charge in [0.15, 0.2) is 0 Å². The number of aromatic amines is 1. The summed E-state index contributed by atoms with van der Waals surface area (Å²) in [6.45, 7) is 0.695. The van der Waals surface area contributed by atoms with E-state index in [9.17, 15) is 14.4 Å². The zero-order chi connectivity index (χ0) is 21.4. The number of anilines is 1. The van der Waals surface area contributed by atoms with Crippen molar-refractivity contribution >= 4 is 23.4 Å². The van der Waals surface area contributed by atoms with E-state index in [4.69, 9.17) is 0 Å². The smallest absolute Gasteiger partial charge is 0.260 e. The van der Waals surface area contributed by atoms with Crippen LogP contribution in [-0.2, 0) is 11.2 Å². The van der Waals surface area contributed by atoms with Crippen molar-refractivity contribution in [2.24, 2.45) is 0 Å². The second kappa shape index (κ2) is 7.71. The number of rotatable bonds is 6. The van der Waals surface area contributed by atoms with Crippen molar-refractivity contribution in [3.8, 4) is 0 Å². The zero-order valence-electron chi connectivity index (χ0n) is 16.7. The molecule has 3 amide bonds. The Morgan fingerprint density at radius 2 is 1.81 bits per heavy atom. The standard InChI is InChI=1S/C23H21N5O3/c29-20(25-11-9-15-13-24-14-26-15)10-12-27-21-16-5-1-2-6-17(16)23(31)28(21)19-8-4-3-7-18(19)22(27)30/h1-8,13-14,21H,9-12H2,(H,24,26)(H,25,29)/t21-/m0/s1. The molecule has 2 aromatic carbocycles. The van der Waals surface area contributed by atoms with Gasteiger partial charge in [-0.3, -0.25) is 19.3 Å². The third-order valence-corrected chi connectivity index (χ3v) is 5.73.